The molecule has 1 aliphatic rings. The molecule has 1 saturated carbocycles. The van der Waals surface area contributed by atoms with Crippen LogP contribution in [0.4, 0.5) is 0 Å². The van der Waals surface area contributed by atoms with E-state index in [0.29, 0.717) is 36.8 Å². The van der Waals surface area contributed by atoms with Crippen molar-refractivity contribution in [2.75, 3.05) is 13.1 Å². The van der Waals surface area contributed by atoms with Gasteiger partial charge in [-0.1, -0.05) is 12.1 Å². The van der Waals surface area contributed by atoms with Crippen LogP contribution < -0.4 is 5.32 Å². The molecule has 1 fully saturated rings. The average Bonchev–Trinajstić information content (AvgIpc) is 3.37. The molecule has 2 amide bonds. The van der Waals surface area contributed by atoms with Crippen LogP contribution in [-0.4, -0.2) is 34.8 Å². The Labute approximate surface area is 148 Å². The normalized spacial score (nSPS) is 13.5. The highest BCUT2D eigenvalue weighted by atomic mass is 16.2. The SMILES string of the molecule is CCN(CC)C(=O)c1ccc(CNC(=O)c2[nH]ccc2C2CC2)cc1. The van der Waals surface area contributed by atoms with Crippen LogP contribution in [0.2, 0.25) is 0 Å². The minimum atomic E-state index is -0.0739. The number of benzene rings is 1. The summed E-state index contributed by atoms with van der Waals surface area (Å²) in [6.07, 6.45) is 4.16. The number of nitrogens with zero attached hydrogens (tertiary/aromatic N) is 1. The first-order valence-corrected chi connectivity index (χ1v) is 8.97. The van der Waals surface area contributed by atoms with Gasteiger partial charge in [0.25, 0.3) is 11.8 Å². The van der Waals surface area contributed by atoms with E-state index in [-0.39, 0.29) is 11.8 Å². The third-order valence-electron chi connectivity index (χ3n) is 4.73. The largest absolute Gasteiger partial charge is 0.357 e. The number of hydrogen-bond donors (Lipinski definition) is 2. The molecule has 25 heavy (non-hydrogen) atoms. The Morgan fingerprint density at radius 2 is 1.80 bits per heavy atom. The highest BCUT2D eigenvalue weighted by Gasteiger charge is 2.28. The maximum absolute atomic E-state index is 12.4. The number of amides is 2. The van der Waals surface area contributed by atoms with Crippen LogP contribution in [0.1, 0.15) is 64.6 Å². The van der Waals surface area contributed by atoms with Gasteiger partial charge in [0, 0.05) is 31.4 Å². The number of carbonyl (C=O) groups is 2. The van der Waals surface area contributed by atoms with Gasteiger partial charge in [-0.15, -0.1) is 0 Å². The number of H-pyrrole nitrogens is 1. The monoisotopic (exact) mass is 339 g/mol. The summed E-state index contributed by atoms with van der Waals surface area (Å²) in [7, 11) is 0. The molecule has 3 rings (SSSR count). The van der Waals surface area contributed by atoms with E-state index in [1.807, 2.05) is 50.4 Å². The summed E-state index contributed by atoms with van der Waals surface area (Å²) in [6, 6.07) is 9.44. The lowest BCUT2D eigenvalue weighted by atomic mass is 10.1. The smallest absolute Gasteiger partial charge is 0.268 e. The number of aromatic amines is 1. The van der Waals surface area contributed by atoms with Crippen LogP contribution in [0, 0.1) is 0 Å². The van der Waals surface area contributed by atoms with Gasteiger partial charge in [0.1, 0.15) is 5.69 Å². The van der Waals surface area contributed by atoms with Gasteiger partial charge in [0.05, 0.1) is 0 Å². The molecule has 1 aromatic carbocycles. The fourth-order valence-corrected chi connectivity index (χ4v) is 3.04. The highest BCUT2D eigenvalue weighted by molar-refractivity contribution is 5.95. The van der Waals surface area contributed by atoms with E-state index in [1.165, 1.54) is 12.8 Å². The van der Waals surface area contributed by atoms with Crippen LogP contribution in [0.15, 0.2) is 36.5 Å². The number of rotatable bonds is 7. The molecule has 0 radical (unpaired) electrons. The molecular weight excluding hydrogens is 314 g/mol. The fraction of sp³-hybridized carbons (Fsp3) is 0.400. The molecule has 0 bridgehead atoms. The third-order valence-corrected chi connectivity index (χ3v) is 4.73. The zero-order valence-corrected chi connectivity index (χ0v) is 14.8. The topological polar surface area (TPSA) is 65.2 Å². The van der Waals surface area contributed by atoms with E-state index < -0.39 is 0 Å². The van der Waals surface area contributed by atoms with Crippen LogP contribution in [0.3, 0.4) is 0 Å². The lowest BCUT2D eigenvalue weighted by Gasteiger charge is -2.18. The molecule has 0 spiro atoms. The minimum Gasteiger partial charge on any atom is -0.357 e. The van der Waals surface area contributed by atoms with E-state index in [0.717, 1.165) is 11.1 Å². The average molecular weight is 339 g/mol. The van der Waals surface area contributed by atoms with Crippen molar-refractivity contribution in [2.24, 2.45) is 0 Å². The van der Waals surface area contributed by atoms with Crippen molar-refractivity contribution in [1.29, 1.82) is 0 Å². The Morgan fingerprint density at radius 1 is 1.12 bits per heavy atom. The van der Waals surface area contributed by atoms with Crippen LogP contribution in [-0.2, 0) is 6.54 Å². The summed E-state index contributed by atoms with van der Waals surface area (Å²) in [6.45, 7) is 5.80. The van der Waals surface area contributed by atoms with Gasteiger partial charge >= 0.3 is 0 Å². The number of aromatic nitrogens is 1. The zero-order chi connectivity index (χ0) is 17.8. The van der Waals surface area contributed by atoms with E-state index in [9.17, 15) is 9.59 Å². The predicted molar refractivity (Wildman–Crippen MR) is 97.6 cm³/mol. The first kappa shape index (κ1) is 17.3. The van der Waals surface area contributed by atoms with Crippen molar-refractivity contribution in [2.45, 2.75) is 39.2 Å². The summed E-state index contributed by atoms with van der Waals surface area (Å²) in [5.41, 5.74) is 3.46. The molecule has 0 saturated heterocycles. The summed E-state index contributed by atoms with van der Waals surface area (Å²) in [5, 5.41) is 2.95. The highest BCUT2D eigenvalue weighted by Crippen LogP contribution is 2.41. The minimum absolute atomic E-state index is 0.0426. The van der Waals surface area contributed by atoms with Crippen molar-refractivity contribution < 1.29 is 9.59 Å². The Bertz CT molecular complexity index is 741. The molecule has 0 aliphatic heterocycles. The lowest BCUT2D eigenvalue weighted by Crippen LogP contribution is -2.30. The molecule has 132 valence electrons. The summed E-state index contributed by atoms with van der Waals surface area (Å²) >= 11 is 0. The van der Waals surface area contributed by atoms with E-state index in [4.69, 9.17) is 0 Å². The number of hydrogen-bond acceptors (Lipinski definition) is 2. The second kappa shape index (κ2) is 7.55. The maximum Gasteiger partial charge on any atom is 0.268 e. The van der Waals surface area contributed by atoms with Gasteiger partial charge in [-0.2, -0.15) is 0 Å². The van der Waals surface area contributed by atoms with E-state index >= 15 is 0 Å². The molecule has 0 atom stereocenters. The molecule has 2 N–H and O–H groups in total. The van der Waals surface area contributed by atoms with Crippen molar-refractivity contribution >= 4 is 11.8 Å². The Hall–Kier alpha value is -2.56. The van der Waals surface area contributed by atoms with Crippen molar-refractivity contribution in [3.05, 3.63) is 58.9 Å². The van der Waals surface area contributed by atoms with Gasteiger partial charge < -0.3 is 15.2 Å². The maximum atomic E-state index is 12.4. The van der Waals surface area contributed by atoms with Crippen LogP contribution in [0.5, 0.6) is 0 Å². The number of nitrogens with one attached hydrogen (secondary N) is 2. The summed E-state index contributed by atoms with van der Waals surface area (Å²) < 4.78 is 0. The molecular formula is C20H25N3O2. The van der Waals surface area contributed by atoms with Gasteiger partial charge in [-0.25, -0.2) is 0 Å². The first-order chi connectivity index (χ1) is 12.1. The molecule has 5 nitrogen and oxygen atoms in total. The predicted octanol–water partition coefficient (Wildman–Crippen LogP) is 3.30. The van der Waals surface area contributed by atoms with E-state index in [1.54, 1.807) is 4.90 Å². The van der Waals surface area contributed by atoms with Crippen molar-refractivity contribution in [3.8, 4) is 0 Å². The second-order valence-corrected chi connectivity index (χ2v) is 6.44. The Kier molecular flexibility index (Phi) is 5.22. The lowest BCUT2D eigenvalue weighted by molar-refractivity contribution is 0.0772. The fourth-order valence-electron chi connectivity index (χ4n) is 3.04. The van der Waals surface area contributed by atoms with Gasteiger partial charge in [-0.05, 0) is 61.9 Å². The zero-order valence-electron chi connectivity index (χ0n) is 14.8. The quantitative estimate of drug-likeness (QED) is 0.813. The molecule has 2 aromatic rings. The molecule has 1 aromatic heterocycles. The molecule has 1 aliphatic carbocycles. The van der Waals surface area contributed by atoms with Crippen molar-refractivity contribution in [1.82, 2.24) is 15.2 Å². The Morgan fingerprint density at radius 3 is 2.40 bits per heavy atom. The summed E-state index contributed by atoms with van der Waals surface area (Å²) in [5.74, 6) is 0.508. The standard InChI is InChI=1S/C20H25N3O2/c1-3-23(4-2)20(25)16-7-5-14(6-8-16)13-22-19(24)18-17(11-12-21-18)15-9-10-15/h5-8,11-12,15,21H,3-4,9-10,13H2,1-2H3,(H,22,24). The molecule has 1 heterocycles. The number of carbonyl (C=O) groups excluding carboxylic acids is 2. The van der Waals surface area contributed by atoms with E-state index in [2.05, 4.69) is 10.3 Å². The van der Waals surface area contributed by atoms with Gasteiger partial charge in [-0.3, -0.25) is 9.59 Å². The van der Waals surface area contributed by atoms with Gasteiger partial charge in [0.2, 0.25) is 0 Å². The van der Waals surface area contributed by atoms with Crippen LogP contribution >= 0.6 is 0 Å². The second-order valence-electron chi connectivity index (χ2n) is 6.44. The molecule has 0 unspecified atom stereocenters. The summed E-state index contributed by atoms with van der Waals surface area (Å²) in [4.78, 5) is 29.5. The van der Waals surface area contributed by atoms with Crippen LogP contribution in [0.25, 0.3) is 0 Å². The molecule has 5 heteroatoms. The Balaban J connectivity index is 1.59. The van der Waals surface area contributed by atoms with Gasteiger partial charge in [0.15, 0.2) is 0 Å². The third kappa shape index (κ3) is 3.92. The first-order valence-electron chi connectivity index (χ1n) is 8.97. The van der Waals surface area contributed by atoms with Crippen molar-refractivity contribution in [3.63, 3.8) is 0 Å².